The molecule has 0 aliphatic carbocycles. The van der Waals surface area contributed by atoms with Crippen molar-refractivity contribution in [3.63, 3.8) is 0 Å². The van der Waals surface area contributed by atoms with E-state index in [1.54, 1.807) is 20.8 Å². The van der Waals surface area contributed by atoms with Gasteiger partial charge in [-0.1, -0.05) is 58.0 Å². The molecule has 5 atom stereocenters. The van der Waals surface area contributed by atoms with Gasteiger partial charge in [-0.2, -0.15) is 0 Å². The van der Waals surface area contributed by atoms with E-state index in [4.69, 9.17) is 9.47 Å². The Morgan fingerprint density at radius 3 is 2.24 bits per heavy atom. The van der Waals surface area contributed by atoms with Crippen molar-refractivity contribution in [2.75, 3.05) is 19.6 Å². The van der Waals surface area contributed by atoms with E-state index in [1.807, 2.05) is 44.2 Å². The lowest BCUT2D eigenvalue weighted by atomic mass is 10.0. The average molecular weight is 705 g/mol. The summed E-state index contributed by atoms with van der Waals surface area (Å²) in [6.45, 7) is 15.6. The van der Waals surface area contributed by atoms with E-state index in [0.29, 0.717) is 31.8 Å². The summed E-state index contributed by atoms with van der Waals surface area (Å²) in [5.41, 5.74) is 0.252. The number of amides is 3. The predicted molar refractivity (Wildman–Crippen MR) is 158 cm³/mol. The van der Waals surface area contributed by atoms with Crippen molar-refractivity contribution in [1.82, 2.24) is 16.0 Å². The minimum atomic E-state index is -0.762. The summed E-state index contributed by atoms with van der Waals surface area (Å²) < 4.78 is 10.8. The fourth-order valence-corrected chi connectivity index (χ4v) is 5.14. The molecule has 5 N–H and O–H groups in total. The molecule has 0 bridgehead atoms. The first-order chi connectivity index (χ1) is 19.2. The Kier molecular flexibility index (Phi) is 16.7. The number of aliphatic hydroxyl groups is 1. The van der Waals surface area contributed by atoms with Crippen LogP contribution in [0.5, 0.6) is 0 Å². The lowest BCUT2D eigenvalue weighted by Gasteiger charge is -2.28. The second-order valence-corrected chi connectivity index (χ2v) is 13.1. The van der Waals surface area contributed by atoms with Crippen molar-refractivity contribution in [3.8, 4) is 0 Å². The molecule has 1 aliphatic rings. The number of hydrogen-bond acceptors (Lipinski definition) is 6. The molecule has 0 saturated carbocycles. The second kappa shape index (κ2) is 18.5. The molecule has 1 aromatic carbocycles. The Hall–Kier alpha value is -2.12. The minimum absolute atomic E-state index is 0. The first kappa shape index (κ1) is 37.9. The van der Waals surface area contributed by atoms with Crippen molar-refractivity contribution < 1.29 is 57.8 Å². The van der Waals surface area contributed by atoms with E-state index in [0.717, 1.165) is 29.8 Å². The number of alkyl carbamates (subject to hydrolysis) is 2. The molecule has 5 unspecified atom stereocenters. The predicted octanol–water partition coefficient (Wildman–Crippen LogP) is -0.205. The number of benzene rings is 1. The molecule has 1 aliphatic heterocycles. The zero-order chi connectivity index (χ0) is 30.6. The minimum Gasteiger partial charge on any atom is -1.00 e. The van der Waals surface area contributed by atoms with Crippen LogP contribution in [0, 0.1) is 11.8 Å². The molecule has 0 spiro atoms. The molecular weight excluding hydrogens is 651 g/mol. The highest BCUT2D eigenvalue weighted by Crippen LogP contribution is 2.12. The Morgan fingerprint density at radius 1 is 1.00 bits per heavy atom. The van der Waals surface area contributed by atoms with Crippen LogP contribution in [0.4, 0.5) is 9.59 Å². The van der Waals surface area contributed by atoms with Crippen molar-refractivity contribution in [3.05, 3.63) is 35.9 Å². The number of likely N-dealkylation sites (tertiary alicyclic amines) is 1. The van der Waals surface area contributed by atoms with Gasteiger partial charge in [0.25, 0.3) is 0 Å². The van der Waals surface area contributed by atoms with Crippen LogP contribution in [-0.4, -0.2) is 72.7 Å². The monoisotopic (exact) mass is 704 g/mol. The molecular formula is C31H53IN4O6. The number of hydrogen-bond donors (Lipinski definition) is 5. The lowest BCUT2D eigenvalue weighted by molar-refractivity contribution is -0.903. The van der Waals surface area contributed by atoms with Gasteiger partial charge in [-0.15, -0.1) is 0 Å². The standard InChI is InChI=1S/C31H52N4O6.HI/c1-21(2)16-24(32-29(38)40-20-23-12-9-8-10-13-23)18-35-15-11-14-25(27(36)19-35)33-28(37)26(17-22(3)4)34-30(39)41-31(5,6)7;/h8-10,12-13,21-22,24-27,36H,11,14-20H2,1-7H3,(H,32,38)(H,33,37)(H,34,39);1H. The Bertz CT molecular complexity index is 956. The Morgan fingerprint density at radius 2 is 1.64 bits per heavy atom. The summed E-state index contributed by atoms with van der Waals surface area (Å²) in [4.78, 5) is 39.3. The largest absolute Gasteiger partial charge is 1.00 e. The fourth-order valence-electron chi connectivity index (χ4n) is 5.14. The number of ether oxygens (including phenoxy) is 2. The molecule has 0 radical (unpaired) electrons. The van der Waals surface area contributed by atoms with Crippen LogP contribution in [-0.2, 0) is 20.9 Å². The first-order valence-electron chi connectivity index (χ1n) is 15.0. The summed E-state index contributed by atoms with van der Waals surface area (Å²) in [7, 11) is 0. The maximum atomic E-state index is 13.2. The third-order valence-electron chi connectivity index (χ3n) is 6.88. The van der Waals surface area contributed by atoms with Crippen LogP contribution in [0.3, 0.4) is 0 Å². The van der Waals surface area contributed by atoms with Crippen molar-refractivity contribution in [2.45, 2.75) is 111 Å². The van der Waals surface area contributed by atoms with Crippen LogP contribution in [0.2, 0.25) is 0 Å². The molecule has 3 amide bonds. The third-order valence-corrected chi connectivity index (χ3v) is 6.88. The molecule has 42 heavy (non-hydrogen) atoms. The van der Waals surface area contributed by atoms with Gasteiger partial charge >= 0.3 is 12.2 Å². The quantitative estimate of drug-likeness (QED) is 0.192. The number of quaternary nitrogens is 1. The fraction of sp³-hybridized carbons (Fsp3) is 0.710. The summed E-state index contributed by atoms with van der Waals surface area (Å²) >= 11 is 0. The summed E-state index contributed by atoms with van der Waals surface area (Å²) in [6.07, 6.45) is 0.815. The molecule has 1 fully saturated rings. The smallest absolute Gasteiger partial charge is 0.408 e. The van der Waals surface area contributed by atoms with E-state index in [1.165, 1.54) is 0 Å². The molecule has 0 aromatic heterocycles. The maximum absolute atomic E-state index is 13.2. The maximum Gasteiger partial charge on any atom is 0.408 e. The van der Waals surface area contributed by atoms with E-state index in [-0.39, 0.29) is 48.5 Å². The van der Waals surface area contributed by atoms with Crippen LogP contribution < -0.4 is 44.8 Å². The number of halogens is 1. The summed E-state index contributed by atoms with van der Waals surface area (Å²) in [5.74, 6) is 0.218. The van der Waals surface area contributed by atoms with Crippen molar-refractivity contribution >= 4 is 18.1 Å². The number of rotatable bonds is 12. The van der Waals surface area contributed by atoms with E-state index in [9.17, 15) is 19.5 Å². The summed E-state index contributed by atoms with van der Waals surface area (Å²) in [6, 6.07) is 8.26. The molecule has 1 saturated heterocycles. The Balaban J connectivity index is 0.00000882. The third kappa shape index (κ3) is 15.4. The van der Waals surface area contributed by atoms with E-state index in [2.05, 4.69) is 29.8 Å². The van der Waals surface area contributed by atoms with Crippen LogP contribution in [0.1, 0.15) is 79.7 Å². The molecule has 240 valence electrons. The molecule has 10 nitrogen and oxygen atoms in total. The normalized spacial score (nSPS) is 20.5. The van der Waals surface area contributed by atoms with Gasteiger partial charge in [-0.3, -0.25) is 4.79 Å². The summed E-state index contributed by atoms with van der Waals surface area (Å²) in [5, 5.41) is 19.8. The van der Waals surface area contributed by atoms with Crippen LogP contribution >= 0.6 is 0 Å². The van der Waals surface area contributed by atoms with Crippen molar-refractivity contribution in [2.24, 2.45) is 11.8 Å². The van der Waals surface area contributed by atoms with Crippen LogP contribution in [0.15, 0.2) is 30.3 Å². The van der Waals surface area contributed by atoms with Gasteiger partial charge < -0.3 is 59.4 Å². The topological polar surface area (TPSA) is 130 Å². The van der Waals surface area contributed by atoms with Crippen LogP contribution in [0.25, 0.3) is 0 Å². The van der Waals surface area contributed by atoms with Gasteiger partial charge in [0, 0.05) is 0 Å². The highest BCUT2D eigenvalue weighted by atomic mass is 127. The van der Waals surface area contributed by atoms with Gasteiger partial charge in [-0.25, -0.2) is 9.59 Å². The van der Waals surface area contributed by atoms with E-state index >= 15 is 0 Å². The molecule has 2 rings (SSSR count). The van der Waals surface area contributed by atoms with E-state index < -0.39 is 36.0 Å². The first-order valence-corrected chi connectivity index (χ1v) is 15.0. The highest BCUT2D eigenvalue weighted by Gasteiger charge is 2.33. The van der Waals surface area contributed by atoms with Gasteiger partial charge in [0.15, 0.2) is 0 Å². The average Bonchev–Trinajstić information content (AvgIpc) is 3.01. The zero-order valence-electron chi connectivity index (χ0n) is 26.4. The van der Waals surface area contributed by atoms with Gasteiger partial charge in [0.1, 0.15) is 30.9 Å². The number of aliphatic hydroxyl groups excluding tert-OH is 1. The Labute approximate surface area is 269 Å². The molecule has 1 heterocycles. The number of carbonyl (C=O) groups is 3. The molecule has 11 heteroatoms. The lowest BCUT2D eigenvalue weighted by Crippen LogP contribution is -3.14. The SMILES string of the molecule is CC(C)CC(C[NH+]1CCCC(NC(=O)C(CC(C)C)NC(=O)OC(C)(C)C)C(O)C1)NC(=O)OCc1ccccc1.[I-]. The highest BCUT2D eigenvalue weighted by molar-refractivity contribution is 5.86. The van der Waals surface area contributed by atoms with Gasteiger partial charge in [0.05, 0.1) is 25.2 Å². The van der Waals surface area contributed by atoms with Gasteiger partial charge in [-0.05, 0) is 63.9 Å². The molecule has 1 aromatic rings. The van der Waals surface area contributed by atoms with Crippen molar-refractivity contribution in [1.29, 1.82) is 0 Å². The van der Waals surface area contributed by atoms with Gasteiger partial charge in [0.2, 0.25) is 5.91 Å². The second-order valence-electron chi connectivity index (χ2n) is 13.1. The number of nitrogens with one attached hydrogen (secondary N) is 4. The zero-order valence-corrected chi connectivity index (χ0v) is 28.5. The number of carbonyl (C=O) groups excluding carboxylic acids is 3.